The highest BCUT2D eigenvalue weighted by Crippen LogP contribution is 2.25. The van der Waals surface area contributed by atoms with Gasteiger partial charge in [0.15, 0.2) is 5.82 Å². The number of halogens is 1. The van der Waals surface area contributed by atoms with E-state index in [1.807, 2.05) is 13.8 Å². The molecule has 20 heavy (non-hydrogen) atoms. The van der Waals surface area contributed by atoms with E-state index in [1.165, 1.54) is 12.1 Å². The first-order valence-electron chi connectivity index (χ1n) is 6.40. The van der Waals surface area contributed by atoms with E-state index in [4.69, 9.17) is 11.6 Å². The van der Waals surface area contributed by atoms with Crippen molar-refractivity contribution in [3.63, 3.8) is 0 Å². The van der Waals surface area contributed by atoms with Crippen molar-refractivity contribution in [1.82, 2.24) is 14.8 Å². The number of hydrogen-bond acceptors (Lipinski definition) is 4. The van der Waals surface area contributed by atoms with E-state index in [0.717, 1.165) is 30.1 Å². The second kappa shape index (κ2) is 6.00. The molecule has 0 fully saturated rings. The van der Waals surface area contributed by atoms with E-state index in [1.54, 1.807) is 10.7 Å². The molecule has 1 heterocycles. The lowest BCUT2D eigenvalue weighted by molar-refractivity contribution is -0.384. The third-order valence-corrected chi connectivity index (χ3v) is 3.28. The minimum Gasteiger partial charge on any atom is -0.258 e. The van der Waals surface area contributed by atoms with Crippen LogP contribution in [0.3, 0.4) is 0 Å². The Morgan fingerprint density at radius 2 is 2.10 bits per heavy atom. The Morgan fingerprint density at radius 3 is 2.70 bits per heavy atom. The third kappa shape index (κ3) is 2.96. The molecule has 0 saturated carbocycles. The van der Waals surface area contributed by atoms with E-state index in [-0.39, 0.29) is 10.7 Å². The van der Waals surface area contributed by atoms with Crippen LogP contribution in [0.5, 0.6) is 0 Å². The quantitative estimate of drug-likeness (QED) is 0.627. The molecule has 0 aliphatic carbocycles. The maximum absolute atomic E-state index is 10.9. The van der Waals surface area contributed by atoms with Crippen LogP contribution in [0.4, 0.5) is 5.69 Å². The predicted molar refractivity (Wildman–Crippen MR) is 76.0 cm³/mol. The Bertz CT molecular complexity index is 639. The fourth-order valence-electron chi connectivity index (χ4n) is 1.93. The first-order chi connectivity index (χ1) is 9.55. The monoisotopic (exact) mass is 294 g/mol. The summed E-state index contributed by atoms with van der Waals surface area (Å²) >= 11 is 5.80. The molecule has 0 aliphatic rings. The van der Waals surface area contributed by atoms with Crippen LogP contribution in [0.15, 0.2) is 18.2 Å². The minimum absolute atomic E-state index is 0.0851. The van der Waals surface area contributed by atoms with Crippen LogP contribution >= 0.6 is 11.6 Å². The summed E-state index contributed by atoms with van der Waals surface area (Å²) in [6.07, 6.45) is 1.53. The molecule has 0 N–H and O–H groups in total. The number of hydrogen-bond donors (Lipinski definition) is 0. The number of aromatic nitrogens is 3. The smallest absolute Gasteiger partial charge is 0.258 e. The van der Waals surface area contributed by atoms with Gasteiger partial charge in [-0.25, -0.2) is 9.67 Å². The summed E-state index contributed by atoms with van der Waals surface area (Å²) in [5.74, 6) is 1.66. The van der Waals surface area contributed by atoms with E-state index < -0.39 is 4.92 Å². The average molecular weight is 295 g/mol. The summed E-state index contributed by atoms with van der Waals surface area (Å²) in [6, 6.07) is 4.79. The standard InChI is InChI=1S/C13H15ClN4O2/c1-3-12-15-13(4-2)17(16-12)8-9-5-6-10(14)11(7-9)18(19)20/h5-7H,3-4,8H2,1-2H3. The number of benzene rings is 1. The van der Waals surface area contributed by atoms with Gasteiger partial charge >= 0.3 is 0 Å². The second-order valence-electron chi connectivity index (χ2n) is 4.35. The van der Waals surface area contributed by atoms with Gasteiger partial charge in [-0.15, -0.1) is 0 Å². The van der Waals surface area contributed by atoms with Gasteiger partial charge in [-0.05, 0) is 11.6 Å². The number of nitrogens with zero attached hydrogens (tertiary/aromatic N) is 4. The van der Waals surface area contributed by atoms with E-state index in [0.29, 0.717) is 6.54 Å². The number of nitro groups is 1. The van der Waals surface area contributed by atoms with Gasteiger partial charge in [0, 0.05) is 18.9 Å². The van der Waals surface area contributed by atoms with E-state index >= 15 is 0 Å². The molecule has 0 spiro atoms. The molecule has 7 heteroatoms. The number of aryl methyl sites for hydroxylation is 2. The molecule has 0 unspecified atom stereocenters. The lowest BCUT2D eigenvalue weighted by atomic mass is 10.2. The topological polar surface area (TPSA) is 73.8 Å². The van der Waals surface area contributed by atoms with Crippen LogP contribution < -0.4 is 0 Å². The minimum atomic E-state index is -0.481. The molecule has 0 atom stereocenters. The van der Waals surface area contributed by atoms with Crippen molar-refractivity contribution >= 4 is 17.3 Å². The van der Waals surface area contributed by atoms with Crippen LogP contribution in [0, 0.1) is 10.1 Å². The molecular formula is C13H15ClN4O2. The van der Waals surface area contributed by atoms with Crippen LogP contribution in [0.25, 0.3) is 0 Å². The van der Waals surface area contributed by atoms with Crippen LogP contribution in [-0.2, 0) is 19.4 Å². The highest BCUT2D eigenvalue weighted by Gasteiger charge is 2.14. The Labute approximate surface area is 121 Å². The fourth-order valence-corrected chi connectivity index (χ4v) is 2.12. The van der Waals surface area contributed by atoms with Crippen molar-refractivity contribution in [2.24, 2.45) is 0 Å². The molecule has 0 radical (unpaired) electrons. The molecule has 1 aromatic carbocycles. The average Bonchev–Trinajstić information content (AvgIpc) is 2.83. The van der Waals surface area contributed by atoms with Crippen LogP contribution in [0.1, 0.15) is 31.1 Å². The number of rotatable bonds is 5. The molecule has 0 saturated heterocycles. The van der Waals surface area contributed by atoms with Crippen molar-refractivity contribution in [3.8, 4) is 0 Å². The van der Waals surface area contributed by atoms with Crippen molar-refractivity contribution < 1.29 is 4.92 Å². The molecule has 0 aliphatic heterocycles. The van der Waals surface area contributed by atoms with E-state index in [2.05, 4.69) is 10.1 Å². The molecule has 2 rings (SSSR count). The van der Waals surface area contributed by atoms with Gasteiger partial charge in [-0.1, -0.05) is 31.5 Å². The summed E-state index contributed by atoms with van der Waals surface area (Å²) in [7, 11) is 0. The molecule has 0 amide bonds. The van der Waals surface area contributed by atoms with Gasteiger partial charge in [0.2, 0.25) is 0 Å². The summed E-state index contributed by atoms with van der Waals surface area (Å²) in [5, 5.41) is 15.4. The lowest BCUT2D eigenvalue weighted by Gasteiger charge is -2.05. The van der Waals surface area contributed by atoms with Gasteiger partial charge < -0.3 is 0 Å². The predicted octanol–water partition coefficient (Wildman–Crippen LogP) is 3.01. The molecular weight excluding hydrogens is 280 g/mol. The Hall–Kier alpha value is -1.95. The van der Waals surface area contributed by atoms with Crippen molar-refractivity contribution in [2.45, 2.75) is 33.2 Å². The van der Waals surface area contributed by atoms with Gasteiger partial charge in [0.25, 0.3) is 5.69 Å². The van der Waals surface area contributed by atoms with Crippen molar-refractivity contribution in [1.29, 1.82) is 0 Å². The van der Waals surface area contributed by atoms with Crippen molar-refractivity contribution in [3.05, 3.63) is 50.5 Å². The first-order valence-corrected chi connectivity index (χ1v) is 6.78. The summed E-state index contributed by atoms with van der Waals surface area (Å²) < 4.78 is 1.78. The normalized spacial score (nSPS) is 10.8. The highest BCUT2D eigenvalue weighted by molar-refractivity contribution is 6.32. The molecule has 0 bridgehead atoms. The van der Waals surface area contributed by atoms with Gasteiger partial charge in [0.1, 0.15) is 10.8 Å². The van der Waals surface area contributed by atoms with E-state index in [9.17, 15) is 10.1 Å². The Balaban J connectivity index is 2.32. The van der Waals surface area contributed by atoms with Gasteiger partial charge in [-0.3, -0.25) is 10.1 Å². The van der Waals surface area contributed by atoms with Crippen molar-refractivity contribution in [2.75, 3.05) is 0 Å². The summed E-state index contributed by atoms with van der Waals surface area (Å²) in [5.41, 5.74) is 0.696. The first kappa shape index (κ1) is 14.5. The molecule has 2 aromatic rings. The van der Waals surface area contributed by atoms with Crippen LogP contribution in [0.2, 0.25) is 5.02 Å². The van der Waals surface area contributed by atoms with Gasteiger partial charge in [0.05, 0.1) is 11.5 Å². The zero-order chi connectivity index (χ0) is 14.7. The largest absolute Gasteiger partial charge is 0.288 e. The third-order valence-electron chi connectivity index (χ3n) is 2.96. The maximum Gasteiger partial charge on any atom is 0.288 e. The Morgan fingerprint density at radius 1 is 1.35 bits per heavy atom. The Kier molecular flexibility index (Phi) is 4.34. The molecule has 106 valence electrons. The van der Waals surface area contributed by atoms with Crippen LogP contribution in [-0.4, -0.2) is 19.7 Å². The zero-order valence-corrected chi connectivity index (χ0v) is 12.1. The molecule has 6 nitrogen and oxygen atoms in total. The summed E-state index contributed by atoms with van der Waals surface area (Å²) in [6.45, 7) is 4.45. The lowest BCUT2D eigenvalue weighted by Crippen LogP contribution is -2.06. The second-order valence-corrected chi connectivity index (χ2v) is 4.76. The highest BCUT2D eigenvalue weighted by atomic mass is 35.5. The van der Waals surface area contributed by atoms with Gasteiger partial charge in [-0.2, -0.15) is 5.10 Å². The SMILES string of the molecule is CCc1nc(CC)n(Cc2ccc(Cl)c([N+](=O)[O-])c2)n1. The fraction of sp³-hybridized carbons (Fsp3) is 0.385. The maximum atomic E-state index is 10.9. The molecule has 1 aromatic heterocycles. The zero-order valence-electron chi connectivity index (χ0n) is 11.3. The summed E-state index contributed by atoms with van der Waals surface area (Å²) in [4.78, 5) is 14.8. The number of nitro benzene ring substituents is 1.